The zero-order chi connectivity index (χ0) is 11.3. The van der Waals surface area contributed by atoms with Gasteiger partial charge in [-0.1, -0.05) is 26.7 Å². The Hall–Kier alpha value is -0.970. The fraction of sp³-hybridized carbons (Fsp3) is 0.900. The molecule has 0 fully saturated rings. The van der Waals surface area contributed by atoms with Crippen LogP contribution < -0.4 is 5.32 Å². The van der Waals surface area contributed by atoms with Crippen molar-refractivity contribution in [3.8, 4) is 0 Å². The summed E-state index contributed by atoms with van der Waals surface area (Å²) in [5.41, 5.74) is 0. The largest absolute Gasteiger partial charge is 0.311 e. The van der Waals surface area contributed by atoms with Gasteiger partial charge in [0.1, 0.15) is 0 Å². The molecule has 0 aromatic carbocycles. The summed E-state index contributed by atoms with van der Waals surface area (Å²) in [7, 11) is 1.92. The maximum atomic E-state index is 4.05. The van der Waals surface area contributed by atoms with Gasteiger partial charge in [-0.2, -0.15) is 0 Å². The second-order valence-electron chi connectivity index (χ2n) is 3.91. The van der Waals surface area contributed by atoms with Crippen molar-refractivity contribution in [3.05, 3.63) is 5.82 Å². The Balaban J connectivity index is 2.72. The highest BCUT2D eigenvalue weighted by atomic mass is 15.5. The minimum Gasteiger partial charge on any atom is -0.311 e. The minimum atomic E-state index is 0.203. The second-order valence-corrected chi connectivity index (χ2v) is 3.91. The van der Waals surface area contributed by atoms with Crippen LogP contribution in [0.5, 0.6) is 0 Å². The van der Waals surface area contributed by atoms with Crippen molar-refractivity contribution in [3.63, 3.8) is 0 Å². The van der Waals surface area contributed by atoms with E-state index >= 15 is 0 Å². The van der Waals surface area contributed by atoms with Crippen LogP contribution in [0.25, 0.3) is 0 Å². The third-order valence-electron chi connectivity index (χ3n) is 2.97. The average Bonchev–Trinajstić information content (AvgIpc) is 2.72. The number of nitrogens with one attached hydrogen (secondary N) is 1. The number of rotatable bonds is 6. The fourth-order valence-electron chi connectivity index (χ4n) is 1.57. The van der Waals surface area contributed by atoms with Crippen molar-refractivity contribution in [1.29, 1.82) is 0 Å². The summed E-state index contributed by atoms with van der Waals surface area (Å²) in [6.45, 7) is 7.40. The van der Waals surface area contributed by atoms with E-state index in [1.54, 1.807) is 0 Å². The lowest BCUT2D eigenvalue weighted by molar-refractivity contribution is 0.373. The molecule has 0 spiro atoms. The Morgan fingerprint density at radius 3 is 2.53 bits per heavy atom. The van der Waals surface area contributed by atoms with Gasteiger partial charge in [-0.05, 0) is 30.3 Å². The molecular formula is C10H21N5. The highest BCUT2D eigenvalue weighted by molar-refractivity contribution is 4.89. The molecule has 15 heavy (non-hydrogen) atoms. The van der Waals surface area contributed by atoms with Crippen molar-refractivity contribution in [2.45, 2.75) is 46.2 Å². The lowest BCUT2D eigenvalue weighted by Crippen LogP contribution is -2.21. The topological polar surface area (TPSA) is 55.6 Å². The average molecular weight is 211 g/mol. The van der Waals surface area contributed by atoms with Crippen molar-refractivity contribution >= 4 is 0 Å². The molecule has 0 amide bonds. The first kappa shape index (κ1) is 12.1. The van der Waals surface area contributed by atoms with E-state index in [0.29, 0.717) is 5.92 Å². The van der Waals surface area contributed by atoms with Gasteiger partial charge in [-0.3, -0.25) is 0 Å². The molecule has 5 nitrogen and oxygen atoms in total. The Labute approximate surface area is 91.2 Å². The normalized spacial score (nSPS) is 13.4. The molecule has 1 heterocycles. The number of hydrogen-bond donors (Lipinski definition) is 1. The predicted molar refractivity (Wildman–Crippen MR) is 59.4 cm³/mol. The molecule has 0 saturated heterocycles. The zero-order valence-electron chi connectivity index (χ0n) is 10.1. The van der Waals surface area contributed by atoms with E-state index in [2.05, 4.69) is 41.6 Å². The van der Waals surface area contributed by atoms with Gasteiger partial charge < -0.3 is 5.32 Å². The summed E-state index contributed by atoms with van der Waals surface area (Å²) in [5.74, 6) is 1.58. The van der Waals surface area contributed by atoms with Crippen molar-refractivity contribution in [1.82, 2.24) is 25.5 Å². The quantitative estimate of drug-likeness (QED) is 0.772. The molecular weight excluding hydrogens is 190 g/mol. The highest BCUT2D eigenvalue weighted by Crippen LogP contribution is 2.13. The predicted octanol–water partition coefficient (Wildman–Crippen LogP) is 1.39. The second kappa shape index (κ2) is 5.80. The molecule has 0 radical (unpaired) electrons. The summed E-state index contributed by atoms with van der Waals surface area (Å²) < 4.78 is 1.92. The molecule has 1 N–H and O–H groups in total. The number of aromatic nitrogens is 4. The smallest absolute Gasteiger partial charge is 0.167 e. The molecule has 86 valence electrons. The SMILES string of the molecule is CCC(CC)Cn1nnnc1C(C)NC. The Bertz CT molecular complexity index is 279. The third-order valence-corrected chi connectivity index (χ3v) is 2.97. The Morgan fingerprint density at radius 2 is 2.00 bits per heavy atom. The van der Waals surface area contributed by atoms with Gasteiger partial charge in [-0.25, -0.2) is 4.68 Å². The summed E-state index contributed by atoms with van der Waals surface area (Å²) in [5, 5.41) is 15.0. The van der Waals surface area contributed by atoms with E-state index in [1.807, 2.05) is 11.7 Å². The van der Waals surface area contributed by atoms with Crippen LogP contribution in [-0.4, -0.2) is 27.3 Å². The maximum Gasteiger partial charge on any atom is 0.167 e. The van der Waals surface area contributed by atoms with Gasteiger partial charge in [-0.15, -0.1) is 5.10 Å². The molecule has 1 unspecified atom stereocenters. The van der Waals surface area contributed by atoms with Crippen molar-refractivity contribution in [2.75, 3.05) is 7.05 Å². The van der Waals surface area contributed by atoms with Crippen LogP contribution >= 0.6 is 0 Å². The minimum absolute atomic E-state index is 0.203. The highest BCUT2D eigenvalue weighted by Gasteiger charge is 2.14. The van der Waals surface area contributed by atoms with E-state index in [0.717, 1.165) is 12.4 Å². The molecule has 1 rings (SSSR count). The Kier molecular flexibility index (Phi) is 4.68. The maximum absolute atomic E-state index is 4.05. The van der Waals surface area contributed by atoms with Crippen LogP contribution in [0.15, 0.2) is 0 Å². The van der Waals surface area contributed by atoms with Gasteiger partial charge in [0.2, 0.25) is 0 Å². The first-order valence-corrected chi connectivity index (χ1v) is 5.66. The molecule has 1 aromatic heterocycles. The first-order valence-electron chi connectivity index (χ1n) is 5.66. The van der Waals surface area contributed by atoms with Gasteiger partial charge >= 0.3 is 0 Å². The summed E-state index contributed by atoms with van der Waals surface area (Å²) in [6.07, 6.45) is 2.34. The standard InChI is InChI=1S/C10H21N5/c1-5-9(6-2)7-15-10(8(3)11-4)12-13-14-15/h8-9,11H,5-7H2,1-4H3. The van der Waals surface area contributed by atoms with E-state index < -0.39 is 0 Å². The van der Waals surface area contributed by atoms with E-state index in [-0.39, 0.29) is 6.04 Å². The monoisotopic (exact) mass is 211 g/mol. The first-order chi connectivity index (χ1) is 7.22. The van der Waals surface area contributed by atoms with E-state index in [9.17, 15) is 0 Å². The molecule has 0 aliphatic heterocycles. The summed E-state index contributed by atoms with van der Waals surface area (Å²) in [6, 6.07) is 0.203. The lowest BCUT2D eigenvalue weighted by atomic mass is 10.0. The molecule has 0 aliphatic rings. The van der Waals surface area contributed by atoms with Crippen LogP contribution in [0.2, 0.25) is 0 Å². The van der Waals surface area contributed by atoms with E-state index in [1.165, 1.54) is 12.8 Å². The lowest BCUT2D eigenvalue weighted by Gasteiger charge is -2.15. The molecule has 1 atom stereocenters. The molecule has 0 saturated carbocycles. The summed E-state index contributed by atoms with van der Waals surface area (Å²) >= 11 is 0. The Morgan fingerprint density at radius 1 is 1.33 bits per heavy atom. The van der Waals surface area contributed by atoms with Crippen molar-refractivity contribution in [2.24, 2.45) is 5.92 Å². The van der Waals surface area contributed by atoms with Crippen LogP contribution in [0.4, 0.5) is 0 Å². The summed E-state index contributed by atoms with van der Waals surface area (Å²) in [4.78, 5) is 0. The van der Waals surface area contributed by atoms with Gasteiger partial charge in [0.15, 0.2) is 5.82 Å². The van der Waals surface area contributed by atoms with Crippen LogP contribution in [0.3, 0.4) is 0 Å². The molecule has 0 bridgehead atoms. The molecule has 1 aromatic rings. The van der Waals surface area contributed by atoms with Crippen LogP contribution in [0, 0.1) is 5.92 Å². The fourth-order valence-corrected chi connectivity index (χ4v) is 1.57. The van der Waals surface area contributed by atoms with Gasteiger partial charge in [0, 0.05) is 6.54 Å². The van der Waals surface area contributed by atoms with Gasteiger partial charge in [0.25, 0.3) is 0 Å². The number of nitrogens with zero attached hydrogens (tertiary/aromatic N) is 4. The van der Waals surface area contributed by atoms with Crippen molar-refractivity contribution < 1.29 is 0 Å². The number of hydrogen-bond acceptors (Lipinski definition) is 4. The van der Waals surface area contributed by atoms with Crippen LogP contribution in [0.1, 0.15) is 45.5 Å². The third kappa shape index (κ3) is 2.99. The molecule has 5 heteroatoms. The van der Waals surface area contributed by atoms with E-state index in [4.69, 9.17) is 0 Å². The molecule has 0 aliphatic carbocycles. The van der Waals surface area contributed by atoms with Gasteiger partial charge in [0.05, 0.1) is 6.04 Å². The zero-order valence-corrected chi connectivity index (χ0v) is 10.1. The van der Waals surface area contributed by atoms with Crippen LogP contribution in [-0.2, 0) is 6.54 Å². The number of tetrazole rings is 1.